The van der Waals surface area contributed by atoms with Gasteiger partial charge in [-0.3, -0.25) is 4.79 Å². The van der Waals surface area contributed by atoms with Crippen molar-refractivity contribution in [3.05, 3.63) is 34.9 Å². The van der Waals surface area contributed by atoms with Crippen LogP contribution in [-0.2, 0) is 9.53 Å². The number of hydrogen-bond donors (Lipinski definition) is 0. The van der Waals surface area contributed by atoms with Gasteiger partial charge in [0.2, 0.25) is 0 Å². The summed E-state index contributed by atoms with van der Waals surface area (Å²) in [5, 5.41) is 9.52. The average Bonchev–Trinajstić information content (AvgIpc) is 2.61. The van der Waals surface area contributed by atoms with Gasteiger partial charge in [-0.05, 0) is 49.9 Å². The minimum Gasteiger partial charge on any atom is -0.452 e. The van der Waals surface area contributed by atoms with Gasteiger partial charge in [-0.1, -0.05) is 25.3 Å². The number of nitriles is 1. The molecule has 5 heteroatoms. The number of carbonyl (C=O) groups is 2. The summed E-state index contributed by atoms with van der Waals surface area (Å²) >= 11 is 0. The Morgan fingerprint density at radius 3 is 2.46 bits per heavy atom. The number of rotatable bonds is 4. The van der Waals surface area contributed by atoms with E-state index in [0.29, 0.717) is 18.4 Å². The Hall–Kier alpha value is -2.35. The average molecular weight is 328 g/mol. The van der Waals surface area contributed by atoms with Gasteiger partial charge in [0, 0.05) is 7.05 Å². The SMILES string of the molecule is Cc1ccc(C(=O)OCC(=O)N(C)C2(C#N)CCCCC2)cc1C. The smallest absolute Gasteiger partial charge is 0.338 e. The first-order valence-corrected chi connectivity index (χ1v) is 8.32. The molecule has 128 valence electrons. The molecule has 1 aliphatic carbocycles. The molecule has 0 aromatic heterocycles. The van der Waals surface area contributed by atoms with Crippen molar-refractivity contribution in [2.75, 3.05) is 13.7 Å². The first-order valence-electron chi connectivity index (χ1n) is 8.32. The van der Waals surface area contributed by atoms with E-state index in [1.165, 1.54) is 4.90 Å². The molecule has 1 aromatic carbocycles. The van der Waals surface area contributed by atoms with E-state index < -0.39 is 11.5 Å². The summed E-state index contributed by atoms with van der Waals surface area (Å²) in [5.74, 6) is -0.856. The van der Waals surface area contributed by atoms with Crippen molar-refractivity contribution < 1.29 is 14.3 Å². The number of hydrogen-bond acceptors (Lipinski definition) is 4. The summed E-state index contributed by atoms with van der Waals surface area (Å²) in [6.07, 6.45) is 4.32. The van der Waals surface area contributed by atoms with Crippen LogP contribution in [-0.4, -0.2) is 36.0 Å². The molecule has 1 aliphatic rings. The second kappa shape index (κ2) is 7.48. The topological polar surface area (TPSA) is 70.4 Å². The van der Waals surface area contributed by atoms with Crippen molar-refractivity contribution in [1.29, 1.82) is 5.26 Å². The van der Waals surface area contributed by atoms with Gasteiger partial charge in [-0.15, -0.1) is 0 Å². The van der Waals surface area contributed by atoms with Crippen molar-refractivity contribution >= 4 is 11.9 Å². The van der Waals surface area contributed by atoms with Crippen LogP contribution >= 0.6 is 0 Å². The molecule has 0 radical (unpaired) electrons. The van der Waals surface area contributed by atoms with Crippen molar-refractivity contribution in [3.8, 4) is 6.07 Å². The third-order valence-corrected chi connectivity index (χ3v) is 4.97. The molecular formula is C19H24N2O3. The number of likely N-dealkylation sites (N-methyl/N-ethyl adjacent to an activating group) is 1. The third-order valence-electron chi connectivity index (χ3n) is 4.97. The standard InChI is InChI=1S/C19H24N2O3/c1-14-7-8-16(11-15(14)2)18(23)24-12-17(22)21(3)19(13-20)9-5-4-6-10-19/h7-8,11H,4-6,9-10,12H2,1-3H3. The molecule has 0 bridgehead atoms. The van der Waals surface area contributed by atoms with Gasteiger partial charge >= 0.3 is 5.97 Å². The number of benzene rings is 1. The highest BCUT2D eigenvalue weighted by atomic mass is 16.5. The van der Waals surface area contributed by atoms with E-state index in [1.807, 2.05) is 19.9 Å². The van der Waals surface area contributed by atoms with Gasteiger partial charge in [-0.25, -0.2) is 4.79 Å². The minimum absolute atomic E-state index is 0.337. The maximum atomic E-state index is 12.4. The Labute approximate surface area is 143 Å². The molecule has 0 saturated heterocycles. The Bertz CT molecular complexity index is 670. The lowest BCUT2D eigenvalue weighted by Crippen LogP contribution is -2.51. The molecule has 0 aliphatic heterocycles. The molecule has 24 heavy (non-hydrogen) atoms. The van der Waals surface area contributed by atoms with Gasteiger partial charge in [0.1, 0.15) is 5.54 Å². The van der Waals surface area contributed by atoms with Crippen LogP contribution in [0.15, 0.2) is 18.2 Å². The molecule has 5 nitrogen and oxygen atoms in total. The zero-order chi connectivity index (χ0) is 17.7. The summed E-state index contributed by atoms with van der Waals surface area (Å²) < 4.78 is 5.15. The Morgan fingerprint density at radius 2 is 1.88 bits per heavy atom. The number of aryl methyl sites for hydroxylation is 2. The van der Waals surface area contributed by atoms with Crippen molar-refractivity contribution in [2.45, 2.75) is 51.5 Å². The summed E-state index contributed by atoms with van der Waals surface area (Å²) in [6, 6.07) is 7.59. The van der Waals surface area contributed by atoms with Crippen LogP contribution in [0.25, 0.3) is 0 Å². The number of ether oxygens (including phenoxy) is 1. The van der Waals surface area contributed by atoms with Crippen molar-refractivity contribution in [1.82, 2.24) is 4.90 Å². The third kappa shape index (κ3) is 3.76. The fraction of sp³-hybridized carbons (Fsp3) is 0.526. The van der Waals surface area contributed by atoms with Crippen LogP contribution < -0.4 is 0 Å². The second-order valence-corrected chi connectivity index (χ2v) is 6.53. The highest BCUT2D eigenvalue weighted by molar-refractivity contribution is 5.91. The zero-order valence-electron chi connectivity index (χ0n) is 14.6. The maximum absolute atomic E-state index is 12.4. The van der Waals surface area contributed by atoms with Gasteiger partial charge in [0.15, 0.2) is 6.61 Å². The Kier molecular flexibility index (Phi) is 5.61. The van der Waals surface area contributed by atoms with Crippen LogP contribution in [0.2, 0.25) is 0 Å². The lowest BCUT2D eigenvalue weighted by Gasteiger charge is -2.38. The summed E-state index contributed by atoms with van der Waals surface area (Å²) in [6.45, 7) is 3.55. The van der Waals surface area contributed by atoms with E-state index in [0.717, 1.165) is 30.4 Å². The molecule has 0 N–H and O–H groups in total. The van der Waals surface area contributed by atoms with E-state index in [4.69, 9.17) is 4.74 Å². The van der Waals surface area contributed by atoms with Crippen LogP contribution in [0.4, 0.5) is 0 Å². The molecule has 0 heterocycles. The predicted molar refractivity (Wildman–Crippen MR) is 90.4 cm³/mol. The van der Waals surface area contributed by atoms with Gasteiger partial charge in [-0.2, -0.15) is 5.26 Å². The summed E-state index contributed by atoms with van der Waals surface area (Å²) in [5.41, 5.74) is 1.76. The maximum Gasteiger partial charge on any atom is 0.338 e. The van der Waals surface area contributed by atoms with Crippen LogP contribution in [0, 0.1) is 25.2 Å². The van der Waals surface area contributed by atoms with E-state index in [2.05, 4.69) is 6.07 Å². The van der Waals surface area contributed by atoms with Crippen LogP contribution in [0.3, 0.4) is 0 Å². The molecule has 0 atom stereocenters. The first kappa shape index (κ1) is 18.0. The lowest BCUT2D eigenvalue weighted by molar-refractivity contribution is -0.138. The van der Waals surface area contributed by atoms with E-state index in [-0.39, 0.29) is 12.5 Å². The molecule has 1 aromatic rings. The van der Waals surface area contributed by atoms with Crippen molar-refractivity contribution in [2.24, 2.45) is 0 Å². The van der Waals surface area contributed by atoms with Crippen LogP contribution in [0.5, 0.6) is 0 Å². The number of amides is 1. The molecule has 2 rings (SSSR count). The van der Waals surface area contributed by atoms with Gasteiger partial charge < -0.3 is 9.64 Å². The fourth-order valence-electron chi connectivity index (χ4n) is 3.07. The number of esters is 1. The highest BCUT2D eigenvalue weighted by Gasteiger charge is 2.39. The molecule has 0 unspecified atom stereocenters. The fourth-order valence-corrected chi connectivity index (χ4v) is 3.07. The normalized spacial score (nSPS) is 16.1. The predicted octanol–water partition coefficient (Wildman–Crippen LogP) is 3.15. The van der Waals surface area contributed by atoms with E-state index >= 15 is 0 Å². The van der Waals surface area contributed by atoms with Gasteiger partial charge in [0.05, 0.1) is 11.6 Å². The van der Waals surface area contributed by atoms with E-state index in [1.54, 1.807) is 19.2 Å². The highest BCUT2D eigenvalue weighted by Crippen LogP contribution is 2.32. The largest absolute Gasteiger partial charge is 0.452 e. The minimum atomic E-state index is -0.762. The monoisotopic (exact) mass is 328 g/mol. The summed E-state index contributed by atoms with van der Waals surface area (Å²) in [4.78, 5) is 25.9. The van der Waals surface area contributed by atoms with Crippen LogP contribution in [0.1, 0.15) is 53.6 Å². The van der Waals surface area contributed by atoms with Gasteiger partial charge in [0.25, 0.3) is 5.91 Å². The zero-order valence-corrected chi connectivity index (χ0v) is 14.6. The Morgan fingerprint density at radius 1 is 1.21 bits per heavy atom. The number of nitrogens with zero attached hydrogens (tertiary/aromatic N) is 2. The molecule has 1 saturated carbocycles. The molecular weight excluding hydrogens is 304 g/mol. The molecule has 1 fully saturated rings. The molecule has 0 spiro atoms. The Balaban J connectivity index is 1.97. The lowest BCUT2D eigenvalue weighted by atomic mass is 9.81. The van der Waals surface area contributed by atoms with E-state index in [9.17, 15) is 14.9 Å². The quantitative estimate of drug-likeness (QED) is 0.796. The number of carbonyl (C=O) groups excluding carboxylic acids is 2. The van der Waals surface area contributed by atoms with Crippen molar-refractivity contribution in [3.63, 3.8) is 0 Å². The first-order chi connectivity index (χ1) is 11.4. The second-order valence-electron chi connectivity index (χ2n) is 6.53. The molecule has 1 amide bonds. The summed E-state index contributed by atoms with van der Waals surface area (Å²) in [7, 11) is 1.63.